The molecule has 1 aromatic heterocycles. The van der Waals surface area contributed by atoms with E-state index in [4.69, 9.17) is 0 Å². The van der Waals surface area contributed by atoms with Crippen LogP contribution in [0.4, 0.5) is 11.5 Å². The third kappa shape index (κ3) is 2.07. The van der Waals surface area contributed by atoms with E-state index in [-0.39, 0.29) is 5.75 Å². The van der Waals surface area contributed by atoms with Crippen molar-refractivity contribution in [1.82, 2.24) is 15.2 Å². The first-order valence-electron chi connectivity index (χ1n) is 6.06. The van der Waals surface area contributed by atoms with Crippen LogP contribution in [0, 0.1) is 6.92 Å². The lowest BCUT2D eigenvalue weighted by Gasteiger charge is -2.10. The van der Waals surface area contributed by atoms with Crippen LogP contribution in [-0.2, 0) is 0 Å². The second-order valence-corrected chi connectivity index (χ2v) is 4.38. The van der Waals surface area contributed by atoms with E-state index < -0.39 is 5.69 Å². The van der Waals surface area contributed by atoms with Crippen LogP contribution in [0.1, 0.15) is 5.69 Å². The van der Waals surface area contributed by atoms with Gasteiger partial charge < -0.3 is 10.4 Å². The number of phenolic OH excluding ortho intramolecular Hbond substituents is 1. The molecule has 3 rings (SSSR count). The fraction of sp³-hybridized carbons (Fsp3) is 0.0714. The summed E-state index contributed by atoms with van der Waals surface area (Å²) >= 11 is 0. The number of nitrogens with one attached hydrogen (secondary N) is 2. The Morgan fingerprint density at radius 2 is 1.90 bits per heavy atom. The third-order valence-electron chi connectivity index (χ3n) is 3.03. The molecule has 20 heavy (non-hydrogen) atoms. The predicted octanol–water partition coefficient (Wildman–Crippen LogP) is 2.08. The molecule has 6 heteroatoms. The maximum absolute atomic E-state index is 11.2. The van der Waals surface area contributed by atoms with Crippen LogP contribution in [0.2, 0.25) is 0 Å². The van der Waals surface area contributed by atoms with E-state index in [1.165, 1.54) is 0 Å². The number of hydrogen-bond acceptors (Lipinski definition) is 5. The number of phenols is 1. The van der Waals surface area contributed by atoms with Gasteiger partial charge in [0, 0.05) is 16.5 Å². The SMILES string of the molecule is Cc1n[nH]c(=O)nc1Nc1cccc2c(O)cccc12. The van der Waals surface area contributed by atoms with E-state index in [0.29, 0.717) is 11.5 Å². The highest BCUT2D eigenvalue weighted by Crippen LogP contribution is 2.31. The first kappa shape index (κ1) is 12.2. The van der Waals surface area contributed by atoms with Gasteiger partial charge in [0.2, 0.25) is 0 Å². The molecule has 3 N–H and O–H groups in total. The van der Waals surface area contributed by atoms with Gasteiger partial charge in [0.05, 0.1) is 0 Å². The first-order chi connectivity index (χ1) is 9.65. The molecule has 100 valence electrons. The van der Waals surface area contributed by atoms with E-state index in [0.717, 1.165) is 16.5 Å². The van der Waals surface area contributed by atoms with E-state index in [2.05, 4.69) is 20.5 Å². The van der Waals surface area contributed by atoms with Crippen molar-refractivity contribution in [1.29, 1.82) is 0 Å². The van der Waals surface area contributed by atoms with Crippen LogP contribution in [0.5, 0.6) is 5.75 Å². The van der Waals surface area contributed by atoms with Gasteiger partial charge in [-0.25, -0.2) is 9.89 Å². The monoisotopic (exact) mass is 268 g/mol. The highest BCUT2D eigenvalue weighted by atomic mass is 16.3. The van der Waals surface area contributed by atoms with Crippen LogP contribution >= 0.6 is 0 Å². The maximum atomic E-state index is 11.2. The zero-order valence-electron chi connectivity index (χ0n) is 10.7. The van der Waals surface area contributed by atoms with Crippen LogP contribution in [-0.4, -0.2) is 20.3 Å². The average Bonchev–Trinajstić information content (AvgIpc) is 2.44. The zero-order chi connectivity index (χ0) is 14.1. The van der Waals surface area contributed by atoms with Gasteiger partial charge in [0.15, 0.2) is 5.82 Å². The molecule has 0 aliphatic heterocycles. The molecule has 0 aliphatic rings. The number of rotatable bonds is 2. The number of aryl methyl sites for hydroxylation is 1. The molecule has 0 amide bonds. The number of H-pyrrole nitrogens is 1. The number of aromatic hydroxyl groups is 1. The molecule has 0 unspecified atom stereocenters. The highest BCUT2D eigenvalue weighted by Gasteiger charge is 2.07. The number of nitrogens with zero attached hydrogens (tertiary/aromatic N) is 2. The number of aromatic nitrogens is 3. The Morgan fingerprint density at radius 1 is 1.15 bits per heavy atom. The molecule has 0 fully saturated rings. The van der Waals surface area contributed by atoms with E-state index in [1.807, 2.05) is 24.3 Å². The Labute approximate surface area is 114 Å². The molecule has 0 radical (unpaired) electrons. The molecule has 0 saturated carbocycles. The Kier molecular flexibility index (Phi) is 2.83. The smallest absolute Gasteiger partial charge is 0.363 e. The van der Waals surface area contributed by atoms with Crippen molar-refractivity contribution in [3.63, 3.8) is 0 Å². The van der Waals surface area contributed by atoms with Gasteiger partial charge in [0.25, 0.3) is 0 Å². The molecular weight excluding hydrogens is 256 g/mol. The van der Waals surface area contributed by atoms with Crippen molar-refractivity contribution in [2.75, 3.05) is 5.32 Å². The van der Waals surface area contributed by atoms with Gasteiger partial charge in [-0.1, -0.05) is 24.3 Å². The second kappa shape index (κ2) is 4.65. The summed E-state index contributed by atoms with van der Waals surface area (Å²) in [7, 11) is 0. The summed E-state index contributed by atoms with van der Waals surface area (Å²) in [5.41, 5.74) is 0.823. The van der Waals surface area contributed by atoms with Gasteiger partial charge in [-0.05, 0) is 19.1 Å². The van der Waals surface area contributed by atoms with Gasteiger partial charge in [-0.3, -0.25) is 0 Å². The molecular formula is C14H12N4O2. The van der Waals surface area contributed by atoms with E-state index in [9.17, 15) is 9.90 Å². The van der Waals surface area contributed by atoms with Crippen LogP contribution < -0.4 is 11.0 Å². The van der Waals surface area contributed by atoms with Crippen molar-refractivity contribution in [2.24, 2.45) is 0 Å². The maximum Gasteiger partial charge on any atom is 0.363 e. The molecule has 3 aromatic rings. The van der Waals surface area contributed by atoms with Gasteiger partial charge in [-0.15, -0.1) is 0 Å². The highest BCUT2D eigenvalue weighted by molar-refractivity contribution is 5.98. The van der Waals surface area contributed by atoms with Gasteiger partial charge >= 0.3 is 5.69 Å². The first-order valence-corrected chi connectivity index (χ1v) is 6.06. The summed E-state index contributed by atoms with van der Waals surface area (Å²) in [6.45, 7) is 1.74. The Morgan fingerprint density at radius 3 is 2.75 bits per heavy atom. The fourth-order valence-electron chi connectivity index (χ4n) is 2.04. The topological polar surface area (TPSA) is 90.9 Å². The number of hydrogen-bond donors (Lipinski definition) is 3. The number of benzene rings is 2. The van der Waals surface area contributed by atoms with Gasteiger partial charge in [-0.2, -0.15) is 10.1 Å². The molecule has 0 aliphatic carbocycles. The van der Waals surface area contributed by atoms with Crippen LogP contribution in [0.3, 0.4) is 0 Å². The zero-order valence-corrected chi connectivity index (χ0v) is 10.7. The minimum Gasteiger partial charge on any atom is -0.507 e. The lowest BCUT2D eigenvalue weighted by atomic mass is 10.1. The number of aromatic amines is 1. The Balaban J connectivity index is 2.14. The summed E-state index contributed by atoms with van der Waals surface area (Å²) in [5.74, 6) is 0.601. The number of anilines is 2. The molecule has 0 bridgehead atoms. The average molecular weight is 268 g/mol. The fourth-order valence-corrected chi connectivity index (χ4v) is 2.04. The van der Waals surface area contributed by atoms with Crippen molar-refractivity contribution >= 4 is 22.3 Å². The minimum atomic E-state index is -0.513. The van der Waals surface area contributed by atoms with E-state index >= 15 is 0 Å². The van der Waals surface area contributed by atoms with Crippen molar-refractivity contribution < 1.29 is 5.11 Å². The minimum absolute atomic E-state index is 0.208. The standard InChI is InChI=1S/C14H12N4O2/c1-8-13(16-14(20)18-17-8)15-11-6-2-5-10-9(11)4-3-7-12(10)19/h2-7,19H,1H3,(H2,15,16,18,20). The third-order valence-corrected chi connectivity index (χ3v) is 3.03. The summed E-state index contributed by atoms with van der Waals surface area (Å²) < 4.78 is 0. The van der Waals surface area contributed by atoms with Crippen LogP contribution in [0.15, 0.2) is 41.2 Å². The van der Waals surface area contributed by atoms with Crippen molar-refractivity contribution in [3.05, 3.63) is 52.6 Å². The lowest BCUT2D eigenvalue weighted by Crippen LogP contribution is -2.15. The Bertz CT molecular complexity index is 842. The van der Waals surface area contributed by atoms with Crippen molar-refractivity contribution in [2.45, 2.75) is 6.92 Å². The van der Waals surface area contributed by atoms with E-state index in [1.54, 1.807) is 19.1 Å². The summed E-state index contributed by atoms with van der Waals surface area (Å²) in [6.07, 6.45) is 0. The molecule has 0 saturated heterocycles. The number of fused-ring (bicyclic) bond motifs is 1. The largest absolute Gasteiger partial charge is 0.507 e. The summed E-state index contributed by atoms with van der Waals surface area (Å²) in [5, 5.41) is 20.6. The molecule has 0 spiro atoms. The predicted molar refractivity (Wildman–Crippen MR) is 76.3 cm³/mol. The quantitative estimate of drug-likeness (QED) is 0.662. The second-order valence-electron chi connectivity index (χ2n) is 4.38. The van der Waals surface area contributed by atoms with Gasteiger partial charge in [0.1, 0.15) is 11.4 Å². The molecule has 2 aromatic carbocycles. The molecule has 0 atom stereocenters. The van der Waals surface area contributed by atoms with Crippen LogP contribution in [0.25, 0.3) is 10.8 Å². The molecule has 1 heterocycles. The summed E-state index contributed by atoms with van der Waals surface area (Å²) in [6, 6.07) is 10.8. The van der Waals surface area contributed by atoms with Crippen molar-refractivity contribution in [3.8, 4) is 5.75 Å². The molecule has 6 nitrogen and oxygen atoms in total. The lowest BCUT2D eigenvalue weighted by molar-refractivity contribution is 0.481. The Hall–Kier alpha value is -2.89. The summed E-state index contributed by atoms with van der Waals surface area (Å²) in [4.78, 5) is 15.1. The normalized spacial score (nSPS) is 10.7.